The Hall–Kier alpha value is -1.33. The Morgan fingerprint density at radius 1 is 1.36 bits per heavy atom. The van der Waals surface area contributed by atoms with Gasteiger partial charge in [-0.15, -0.1) is 0 Å². The van der Waals surface area contributed by atoms with Gasteiger partial charge in [-0.05, 0) is 50.2 Å². The number of hydrogen-bond acceptors (Lipinski definition) is 4. The molecule has 2 aliphatic rings. The van der Waals surface area contributed by atoms with Crippen molar-refractivity contribution in [3.8, 4) is 5.88 Å². The molecule has 1 aliphatic heterocycles. The fraction of sp³-hybridized carbons (Fsp3) is 0.625. The standard InChI is InChI=1S/C16H21ClN2O3/c17-14-7-6-13(15(18-14)22-12-4-1-5-12)16(21)19-8-2-3-11(9-19)10-20/h6-7,11-12,20H,1-5,8-10H2/t11-/m1/s1. The van der Waals surface area contributed by atoms with Crippen LogP contribution in [0, 0.1) is 5.92 Å². The lowest BCUT2D eigenvalue weighted by molar-refractivity contribution is 0.0604. The molecule has 0 unspecified atom stereocenters. The lowest BCUT2D eigenvalue weighted by Crippen LogP contribution is -2.41. The first-order valence-electron chi connectivity index (χ1n) is 7.90. The van der Waals surface area contributed by atoms with Crippen LogP contribution in [0.4, 0.5) is 0 Å². The van der Waals surface area contributed by atoms with E-state index in [1.807, 2.05) is 0 Å². The molecule has 0 spiro atoms. The molecule has 1 saturated carbocycles. The Labute approximate surface area is 135 Å². The van der Waals surface area contributed by atoms with E-state index in [2.05, 4.69) is 4.98 Å². The van der Waals surface area contributed by atoms with Crippen LogP contribution in [0.3, 0.4) is 0 Å². The van der Waals surface area contributed by atoms with Crippen LogP contribution in [0.5, 0.6) is 5.88 Å². The number of carbonyl (C=O) groups excluding carboxylic acids is 1. The molecule has 1 aliphatic carbocycles. The van der Waals surface area contributed by atoms with Crippen molar-refractivity contribution in [2.24, 2.45) is 5.92 Å². The summed E-state index contributed by atoms with van der Waals surface area (Å²) in [4.78, 5) is 18.7. The second-order valence-electron chi connectivity index (χ2n) is 6.10. The minimum Gasteiger partial charge on any atom is -0.474 e. The van der Waals surface area contributed by atoms with Gasteiger partial charge in [0, 0.05) is 19.7 Å². The molecule has 5 nitrogen and oxygen atoms in total. The summed E-state index contributed by atoms with van der Waals surface area (Å²) in [5, 5.41) is 9.65. The quantitative estimate of drug-likeness (QED) is 0.864. The summed E-state index contributed by atoms with van der Waals surface area (Å²) in [7, 11) is 0. The van der Waals surface area contributed by atoms with Gasteiger partial charge in [-0.25, -0.2) is 4.98 Å². The normalized spacial score (nSPS) is 22.3. The van der Waals surface area contributed by atoms with E-state index >= 15 is 0 Å². The first-order valence-corrected chi connectivity index (χ1v) is 8.28. The zero-order chi connectivity index (χ0) is 15.5. The van der Waals surface area contributed by atoms with E-state index in [0.29, 0.717) is 29.7 Å². The summed E-state index contributed by atoms with van der Waals surface area (Å²) in [5.74, 6) is 0.416. The highest BCUT2D eigenvalue weighted by molar-refractivity contribution is 6.29. The maximum atomic E-state index is 12.8. The van der Waals surface area contributed by atoms with Crippen molar-refractivity contribution < 1.29 is 14.6 Å². The fourth-order valence-corrected chi connectivity index (χ4v) is 3.03. The average molecular weight is 325 g/mol. The summed E-state index contributed by atoms with van der Waals surface area (Å²) in [6, 6.07) is 3.31. The summed E-state index contributed by atoms with van der Waals surface area (Å²) in [5.41, 5.74) is 0.467. The van der Waals surface area contributed by atoms with Crippen LogP contribution in [0.25, 0.3) is 0 Å². The van der Waals surface area contributed by atoms with Crippen molar-refractivity contribution >= 4 is 17.5 Å². The Morgan fingerprint density at radius 2 is 2.18 bits per heavy atom. The van der Waals surface area contributed by atoms with E-state index in [0.717, 1.165) is 32.1 Å². The third-order valence-corrected chi connectivity index (χ3v) is 4.66. The minimum absolute atomic E-state index is 0.0864. The number of nitrogens with zero attached hydrogens (tertiary/aromatic N) is 2. The average Bonchev–Trinajstić information content (AvgIpc) is 2.50. The molecule has 1 aromatic rings. The zero-order valence-corrected chi connectivity index (χ0v) is 13.3. The highest BCUT2D eigenvalue weighted by Gasteiger charge is 2.28. The molecule has 0 aromatic carbocycles. The van der Waals surface area contributed by atoms with E-state index < -0.39 is 0 Å². The van der Waals surface area contributed by atoms with Gasteiger partial charge in [0.05, 0.1) is 0 Å². The smallest absolute Gasteiger partial charge is 0.259 e. The SMILES string of the molecule is O=C(c1ccc(Cl)nc1OC1CCC1)N1CCC[C@@H](CO)C1. The van der Waals surface area contributed by atoms with Gasteiger partial charge >= 0.3 is 0 Å². The summed E-state index contributed by atoms with van der Waals surface area (Å²) in [6.45, 7) is 1.41. The number of carbonyl (C=O) groups is 1. The lowest BCUT2D eigenvalue weighted by Gasteiger charge is -2.32. The van der Waals surface area contributed by atoms with Gasteiger partial charge in [0.1, 0.15) is 16.8 Å². The Balaban J connectivity index is 1.78. The third-order valence-electron chi connectivity index (χ3n) is 4.45. The summed E-state index contributed by atoms with van der Waals surface area (Å²) < 4.78 is 5.83. The third kappa shape index (κ3) is 3.36. The zero-order valence-electron chi connectivity index (χ0n) is 12.5. The van der Waals surface area contributed by atoms with E-state index in [1.165, 1.54) is 0 Å². The highest BCUT2D eigenvalue weighted by Crippen LogP contribution is 2.29. The van der Waals surface area contributed by atoms with E-state index in [1.54, 1.807) is 17.0 Å². The van der Waals surface area contributed by atoms with Gasteiger partial charge in [-0.2, -0.15) is 0 Å². The van der Waals surface area contributed by atoms with Crippen LogP contribution in [-0.2, 0) is 0 Å². The van der Waals surface area contributed by atoms with Crippen LogP contribution in [-0.4, -0.2) is 46.7 Å². The predicted octanol–water partition coefficient (Wildman–Crippen LogP) is 2.51. The second-order valence-corrected chi connectivity index (χ2v) is 6.49. The molecule has 2 fully saturated rings. The molecule has 3 rings (SSSR count). The molecule has 1 saturated heterocycles. The van der Waals surface area contributed by atoms with Gasteiger partial charge < -0.3 is 14.7 Å². The molecule has 1 amide bonds. The maximum absolute atomic E-state index is 12.8. The molecule has 1 atom stereocenters. The maximum Gasteiger partial charge on any atom is 0.259 e. The van der Waals surface area contributed by atoms with Gasteiger partial charge in [0.2, 0.25) is 5.88 Å². The number of amides is 1. The number of piperidine rings is 1. The van der Waals surface area contributed by atoms with Crippen LogP contribution < -0.4 is 4.74 Å². The minimum atomic E-state index is -0.0864. The number of likely N-dealkylation sites (tertiary alicyclic amines) is 1. The molecule has 1 aromatic heterocycles. The van der Waals surface area contributed by atoms with Gasteiger partial charge in [0.15, 0.2) is 0 Å². The molecule has 0 radical (unpaired) electrons. The molecule has 120 valence electrons. The van der Waals surface area contributed by atoms with Crippen molar-refractivity contribution in [3.05, 3.63) is 22.8 Å². The highest BCUT2D eigenvalue weighted by atomic mass is 35.5. The van der Waals surface area contributed by atoms with E-state index in [9.17, 15) is 9.90 Å². The van der Waals surface area contributed by atoms with Crippen LogP contribution in [0.1, 0.15) is 42.5 Å². The Kier molecular flexibility index (Phi) is 4.84. The lowest BCUT2D eigenvalue weighted by atomic mass is 9.96. The number of aliphatic hydroxyl groups is 1. The number of rotatable bonds is 4. The van der Waals surface area contributed by atoms with Gasteiger partial charge in [0.25, 0.3) is 5.91 Å². The number of aliphatic hydroxyl groups excluding tert-OH is 1. The molecule has 22 heavy (non-hydrogen) atoms. The first-order chi connectivity index (χ1) is 10.7. The van der Waals surface area contributed by atoms with Crippen LogP contribution in [0.2, 0.25) is 5.15 Å². The molecule has 6 heteroatoms. The molecule has 2 heterocycles. The van der Waals surface area contributed by atoms with Crippen molar-refractivity contribution in [2.75, 3.05) is 19.7 Å². The van der Waals surface area contributed by atoms with Gasteiger partial charge in [-0.3, -0.25) is 4.79 Å². The predicted molar refractivity (Wildman–Crippen MR) is 83.2 cm³/mol. The number of halogens is 1. The second kappa shape index (κ2) is 6.84. The van der Waals surface area contributed by atoms with Gasteiger partial charge in [-0.1, -0.05) is 11.6 Å². The van der Waals surface area contributed by atoms with Crippen molar-refractivity contribution in [3.63, 3.8) is 0 Å². The monoisotopic (exact) mass is 324 g/mol. The molecular formula is C16H21ClN2O3. The van der Waals surface area contributed by atoms with E-state index in [4.69, 9.17) is 16.3 Å². The number of hydrogen-bond donors (Lipinski definition) is 1. The number of pyridine rings is 1. The largest absolute Gasteiger partial charge is 0.474 e. The van der Waals surface area contributed by atoms with E-state index in [-0.39, 0.29) is 24.5 Å². The van der Waals surface area contributed by atoms with Crippen LogP contribution >= 0.6 is 11.6 Å². The van der Waals surface area contributed by atoms with Crippen molar-refractivity contribution in [1.82, 2.24) is 9.88 Å². The summed E-state index contributed by atoms with van der Waals surface area (Å²) >= 11 is 5.95. The summed E-state index contributed by atoms with van der Waals surface area (Å²) in [6.07, 6.45) is 5.17. The Morgan fingerprint density at radius 3 is 2.86 bits per heavy atom. The molecule has 1 N–H and O–H groups in total. The van der Waals surface area contributed by atoms with Crippen molar-refractivity contribution in [2.45, 2.75) is 38.2 Å². The number of aromatic nitrogens is 1. The van der Waals surface area contributed by atoms with Crippen molar-refractivity contribution in [1.29, 1.82) is 0 Å². The topological polar surface area (TPSA) is 62.7 Å². The molecule has 0 bridgehead atoms. The van der Waals surface area contributed by atoms with Crippen LogP contribution in [0.15, 0.2) is 12.1 Å². The molecular weight excluding hydrogens is 304 g/mol. The number of ether oxygens (including phenoxy) is 1. The first kappa shape index (κ1) is 15.6. The Bertz CT molecular complexity index is 548. The fourth-order valence-electron chi connectivity index (χ4n) is 2.89.